The number of hydrogen-bond donors (Lipinski definition) is 4. The summed E-state index contributed by atoms with van der Waals surface area (Å²) in [6, 6.07) is 5.26. The van der Waals surface area contributed by atoms with Gasteiger partial charge in [-0.1, -0.05) is 0 Å². The molecule has 4 heterocycles. The largest absolute Gasteiger partial charge is 0.490 e. The van der Waals surface area contributed by atoms with E-state index in [1.165, 1.54) is 12.8 Å². The lowest BCUT2D eigenvalue weighted by molar-refractivity contribution is -0.192. The van der Waals surface area contributed by atoms with Crippen LogP contribution in [0.4, 0.5) is 13.2 Å². The first-order valence-corrected chi connectivity index (χ1v) is 8.53. The van der Waals surface area contributed by atoms with Crippen LogP contribution in [0.1, 0.15) is 36.0 Å². The molecular weight excluding hydrogens is 365 g/mol. The molecule has 1 amide bonds. The summed E-state index contributed by atoms with van der Waals surface area (Å²) in [6.07, 6.45) is 2.97. The predicted octanol–water partition coefficient (Wildman–Crippen LogP) is 2.21. The Morgan fingerprint density at radius 1 is 1.22 bits per heavy atom. The number of amides is 1. The number of nitrogens with zero attached hydrogens (tertiary/aromatic N) is 1. The Labute approximate surface area is 152 Å². The fraction of sp³-hybridized carbons (Fsp3) is 0.471. The Hall–Kier alpha value is -2.62. The average Bonchev–Trinajstić information content (AvgIpc) is 3.17. The van der Waals surface area contributed by atoms with Gasteiger partial charge >= 0.3 is 12.1 Å². The Balaban J connectivity index is 0.000000260. The fourth-order valence-corrected chi connectivity index (χ4v) is 3.58. The Morgan fingerprint density at radius 2 is 1.85 bits per heavy atom. The molecule has 4 rings (SSSR count). The highest BCUT2D eigenvalue weighted by atomic mass is 19.4. The molecule has 2 aliphatic heterocycles. The van der Waals surface area contributed by atoms with Crippen molar-refractivity contribution < 1.29 is 27.9 Å². The number of rotatable bonds is 2. The van der Waals surface area contributed by atoms with E-state index in [1.54, 1.807) is 12.4 Å². The second kappa shape index (κ2) is 7.55. The number of carbonyl (C=O) groups excluding carboxylic acids is 1. The van der Waals surface area contributed by atoms with E-state index in [-0.39, 0.29) is 5.91 Å². The first kappa shape index (κ1) is 19.2. The molecule has 2 atom stereocenters. The zero-order chi connectivity index (χ0) is 19.6. The highest BCUT2D eigenvalue weighted by Gasteiger charge is 2.38. The number of aromatic nitrogens is 2. The number of nitrogens with one attached hydrogen (secondary N) is 3. The summed E-state index contributed by atoms with van der Waals surface area (Å²) in [7, 11) is 0. The van der Waals surface area contributed by atoms with Crippen molar-refractivity contribution in [2.45, 2.75) is 50.0 Å². The van der Waals surface area contributed by atoms with Crippen LogP contribution >= 0.6 is 0 Å². The second-order valence-electron chi connectivity index (χ2n) is 6.68. The lowest BCUT2D eigenvalue weighted by atomic mass is 9.99. The first-order valence-electron chi connectivity index (χ1n) is 8.53. The molecule has 2 aliphatic rings. The number of carbonyl (C=O) groups is 2. The van der Waals surface area contributed by atoms with Gasteiger partial charge in [-0.25, -0.2) is 9.78 Å². The standard InChI is InChI=1S/C15H18N4O.C2HF3O2/c20-15(13-8-17-14-12(13)2-1-5-16-14)19-11-6-9-3-4-10(7-11)18-9;3-2(4,5)1(6)7/h1-2,5,8-11,18H,3-4,6-7H2,(H,16,17)(H,19,20);(H,6,7). The Kier molecular flexibility index (Phi) is 5.36. The van der Waals surface area contributed by atoms with Crippen molar-refractivity contribution in [1.82, 2.24) is 20.6 Å². The molecule has 0 radical (unpaired) electrons. The molecule has 7 nitrogen and oxygen atoms in total. The Bertz CT molecular complexity index is 824. The van der Waals surface area contributed by atoms with Crippen molar-refractivity contribution in [2.75, 3.05) is 0 Å². The van der Waals surface area contributed by atoms with Crippen LogP contribution in [0, 0.1) is 0 Å². The van der Waals surface area contributed by atoms with Gasteiger partial charge in [0.05, 0.1) is 5.56 Å². The minimum absolute atomic E-state index is 0.00977. The van der Waals surface area contributed by atoms with Gasteiger partial charge < -0.3 is 20.7 Å². The number of aliphatic carboxylic acids is 1. The van der Waals surface area contributed by atoms with Gasteiger partial charge in [-0.05, 0) is 37.8 Å². The molecule has 2 bridgehead atoms. The molecule has 4 N–H and O–H groups in total. The summed E-state index contributed by atoms with van der Waals surface area (Å²) in [5.41, 5.74) is 1.46. The second-order valence-corrected chi connectivity index (χ2v) is 6.68. The summed E-state index contributed by atoms with van der Waals surface area (Å²) in [5, 5.41) is 14.8. The fourth-order valence-electron chi connectivity index (χ4n) is 3.58. The topological polar surface area (TPSA) is 107 Å². The third-order valence-electron chi connectivity index (χ3n) is 4.75. The van der Waals surface area contributed by atoms with Crippen molar-refractivity contribution in [2.24, 2.45) is 0 Å². The van der Waals surface area contributed by atoms with Gasteiger partial charge in [-0.15, -0.1) is 0 Å². The highest BCUT2D eigenvalue weighted by molar-refractivity contribution is 6.05. The lowest BCUT2D eigenvalue weighted by Crippen LogP contribution is -2.48. The minimum Gasteiger partial charge on any atom is -0.475 e. The molecule has 146 valence electrons. The molecule has 2 saturated heterocycles. The van der Waals surface area contributed by atoms with Crippen molar-refractivity contribution in [3.05, 3.63) is 30.1 Å². The summed E-state index contributed by atoms with van der Waals surface area (Å²) < 4.78 is 31.7. The number of pyridine rings is 1. The zero-order valence-corrected chi connectivity index (χ0v) is 14.2. The number of alkyl halides is 3. The molecule has 0 saturated carbocycles. The summed E-state index contributed by atoms with van der Waals surface area (Å²) in [5.74, 6) is -2.75. The lowest BCUT2D eigenvalue weighted by Gasteiger charge is -2.29. The predicted molar refractivity (Wildman–Crippen MR) is 90.2 cm³/mol. The quantitative estimate of drug-likeness (QED) is 0.635. The smallest absolute Gasteiger partial charge is 0.475 e. The van der Waals surface area contributed by atoms with E-state index in [0.717, 1.165) is 23.9 Å². The van der Waals surface area contributed by atoms with Crippen LogP contribution in [0.3, 0.4) is 0 Å². The van der Waals surface area contributed by atoms with Crippen LogP contribution in [-0.4, -0.2) is 51.3 Å². The van der Waals surface area contributed by atoms with Crippen molar-refractivity contribution >= 4 is 22.9 Å². The zero-order valence-electron chi connectivity index (χ0n) is 14.2. The molecule has 10 heteroatoms. The number of halogens is 3. The maximum atomic E-state index is 12.4. The normalized spacial score (nSPS) is 24.2. The maximum absolute atomic E-state index is 12.4. The monoisotopic (exact) mass is 384 g/mol. The van der Waals surface area contributed by atoms with Gasteiger partial charge in [-0.2, -0.15) is 13.2 Å². The molecule has 2 aromatic heterocycles. The summed E-state index contributed by atoms with van der Waals surface area (Å²) in [4.78, 5) is 28.6. The van der Waals surface area contributed by atoms with E-state index < -0.39 is 12.1 Å². The first-order chi connectivity index (χ1) is 12.7. The molecule has 0 aromatic carbocycles. The van der Waals surface area contributed by atoms with Crippen LogP contribution in [0.2, 0.25) is 0 Å². The van der Waals surface area contributed by atoms with E-state index in [4.69, 9.17) is 9.90 Å². The van der Waals surface area contributed by atoms with Crippen molar-refractivity contribution in [3.8, 4) is 0 Å². The van der Waals surface area contributed by atoms with Crippen LogP contribution in [0.25, 0.3) is 11.0 Å². The maximum Gasteiger partial charge on any atom is 0.490 e. The van der Waals surface area contributed by atoms with E-state index in [9.17, 15) is 18.0 Å². The van der Waals surface area contributed by atoms with Crippen LogP contribution in [-0.2, 0) is 4.79 Å². The van der Waals surface area contributed by atoms with Gasteiger partial charge in [-0.3, -0.25) is 4.79 Å². The van der Waals surface area contributed by atoms with Gasteiger partial charge in [0.2, 0.25) is 0 Å². The molecule has 2 unspecified atom stereocenters. The van der Waals surface area contributed by atoms with Gasteiger partial charge in [0.15, 0.2) is 0 Å². The SMILES string of the molecule is O=C(NC1CC2CCC(C1)N2)c1c[nH]c2ncccc12.O=C(O)C(F)(F)F. The van der Waals surface area contributed by atoms with E-state index in [0.29, 0.717) is 23.7 Å². The third kappa shape index (κ3) is 4.57. The third-order valence-corrected chi connectivity index (χ3v) is 4.75. The number of carboxylic acid groups (broad SMARTS) is 1. The van der Waals surface area contributed by atoms with Crippen molar-refractivity contribution in [3.63, 3.8) is 0 Å². The summed E-state index contributed by atoms with van der Waals surface area (Å²) >= 11 is 0. The number of aromatic amines is 1. The number of H-pyrrole nitrogens is 1. The Morgan fingerprint density at radius 3 is 2.44 bits per heavy atom. The van der Waals surface area contributed by atoms with E-state index >= 15 is 0 Å². The molecule has 0 aliphatic carbocycles. The van der Waals surface area contributed by atoms with Gasteiger partial charge in [0, 0.05) is 35.9 Å². The van der Waals surface area contributed by atoms with Crippen LogP contribution in [0.5, 0.6) is 0 Å². The van der Waals surface area contributed by atoms with Crippen LogP contribution < -0.4 is 10.6 Å². The molecule has 2 aromatic rings. The number of fused-ring (bicyclic) bond motifs is 3. The van der Waals surface area contributed by atoms with E-state index in [1.807, 2.05) is 12.1 Å². The molecule has 2 fully saturated rings. The molecule has 0 spiro atoms. The van der Waals surface area contributed by atoms with Gasteiger partial charge in [0.1, 0.15) is 5.65 Å². The molecule has 27 heavy (non-hydrogen) atoms. The average molecular weight is 384 g/mol. The minimum atomic E-state index is -5.08. The van der Waals surface area contributed by atoms with Crippen molar-refractivity contribution in [1.29, 1.82) is 0 Å². The highest BCUT2D eigenvalue weighted by Crippen LogP contribution is 2.27. The van der Waals surface area contributed by atoms with Gasteiger partial charge in [0.25, 0.3) is 5.91 Å². The number of hydrogen-bond acceptors (Lipinski definition) is 4. The number of carboxylic acids is 1. The van der Waals surface area contributed by atoms with Crippen LogP contribution in [0.15, 0.2) is 24.5 Å². The number of piperidine rings is 1. The summed E-state index contributed by atoms with van der Waals surface area (Å²) in [6.45, 7) is 0. The van der Waals surface area contributed by atoms with E-state index in [2.05, 4.69) is 20.6 Å². The molecular formula is C17H19F3N4O3.